The molecule has 1 aromatic heterocycles. The molecule has 1 rings (SSSR count). The monoisotopic (exact) mass is 192 g/mol. The van der Waals surface area contributed by atoms with E-state index in [-0.39, 0.29) is 0 Å². The Morgan fingerprint density at radius 2 is 1.71 bits per heavy atom. The molecule has 0 saturated carbocycles. The zero-order chi connectivity index (χ0) is 10.6. The lowest BCUT2D eigenvalue weighted by molar-refractivity contribution is 0.410. The maximum Gasteiger partial charge on any atom is 0.128 e. The molecule has 1 heterocycles. The second-order valence-corrected chi connectivity index (χ2v) is 4.99. The zero-order valence-electron chi connectivity index (χ0n) is 9.67. The molecule has 0 atom stereocenters. The molecule has 14 heavy (non-hydrogen) atoms. The molecule has 0 aliphatic carbocycles. The summed E-state index contributed by atoms with van der Waals surface area (Å²) in [5.41, 5.74) is 1.55. The van der Waals surface area contributed by atoms with Crippen molar-refractivity contribution in [2.24, 2.45) is 5.41 Å². The molecule has 0 amide bonds. The summed E-state index contributed by atoms with van der Waals surface area (Å²) >= 11 is 0. The Balaban J connectivity index is 2.64. The fourth-order valence-corrected chi connectivity index (χ4v) is 1.44. The molecule has 0 unspecified atom stereocenters. The molecule has 0 saturated heterocycles. The topological polar surface area (TPSA) is 25.8 Å². The van der Waals surface area contributed by atoms with Crippen molar-refractivity contribution in [1.29, 1.82) is 0 Å². The SMILES string of the molecule is CCCc1ncc(CC(C)(C)C)cn1. The van der Waals surface area contributed by atoms with Crippen LogP contribution < -0.4 is 0 Å². The summed E-state index contributed by atoms with van der Waals surface area (Å²) in [7, 11) is 0. The molecule has 1 aromatic rings. The van der Waals surface area contributed by atoms with Gasteiger partial charge in [0.25, 0.3) is 0 Å². The van der Waals surface area contributed by atoms with E-state index in [1.165, 1.54) is 5.56 Å². The maximum atomic E-state index is 4.34. The molecule has 0 spiro atoms. The van der Waals surface area contributed by atoms with Gasteiger partial charge in [-0.05, 0) is 23.8 Å². The van der Waals surface area contributed by atoms with Gasteiger partial charge < -0.3 is 0 Å². The quantitative estimate of drug-likeness (QED) is 0.735. The van der Waals surface area contributed by atoms with Crippen LogP contribution in [0, 0.1) is 5.41 Å². The minimum Gasteiger partial charge on any atom is -0.241 e. The molecular weight excluding hydrogens is 172 g/mol. The number of hydrogen-bond donors (Lipinski definition) is 0. The highest BCUT2D eigenvalue weighted by Crippen LogP contribution is 2.19. The summed E-state index contributed by atoms with van der Waals surface area (Å²) < 4.78 is 0. The Bertz CT molecular complexity index is 269. The fraction of sp³-hybridized carbons (Fsp3) is 0.667. The third-order valence-electron chi connectivity index (χ3n) is 1.97. The van der Waals surface area contributed by atoms with Crippen LogP contribution in [0.1, 0.15) is 45.5 Å². The summed E-state index contributed by atoms with van der Waals surface area (Å²) in [6, 6.07) is 0. The van der Waals surface area contributed by atoms with Gasteiger partial charge in [-0.15, -0.1) is 0 Å². The van der Waals surface area contributed by atoms with Crippen molar-refractivity contribution >= 4 is 0 Å². The molecule has 0 bridgehead atoms. The lowest BCUT2D eigenvalue weighted by atomic mass is 9.89. The van der Waals surface area contributed by atoms with Crippen LogP contribution in [0.25, 0.3) is 0 Å². The van der Waals surface area contributed by atoms with Crippen LogP contribution in [0.3, 0.4) is 0 Å². The van der Waals surface area contributed by atoms with E-state index in [0.717, 1.165) is 25.1 Å². The van der Waals surface area contributed by atoms with Crippen LogP contribution in [-0.4, -0.2) is 9.97 Å². The highest BCUT2D eigenvalue weighted by Gasteiger charge is 2.11. The van der Waals surface area contributed by atoms with Gasteiger partial charge in [0.15, 0.2) is 0 Å². The van der Waals surface area contributed by atoms with E-state index in [2.05, 4.69) is 37.7 Å². The van der Waals surface area contributed by atoms with Gasteiger partial charge in [-0.3, -0.25) is 0 Å². The van der Waals surface area contributed by atoms with Gasteiger partial charge in [0.05, 0.1) is 0 Å². The molecule has 2 heteroatoms. The van der Waals surface area contributed by atoms with Crippen LogP contribution >= 0.6 is 0 Å². The van der Waals surface area contributed by atoms with Crippen molar-refractivity contribution in [3.05, 3.63) is 23.8 Å². The van der Waals surface area contributed by atoms with Gasteiger partial charge in [-0.2, -0.15) is 0 Å². The van der Waals surface area contributed by atoms with Crippen LogP contribution in [0.5, 0.6) is 0 Å². The predicted molar refractivity (Wildman–Crippen MR) is 59.2 cm³/mol. The fourth-order valence-electron chi connectivity index (χ4n) is 1.44. The third-order valence-corrected chi connectivity index (χ3v) is 1.97. The van der Waals surface area contributed by atoms with Crippen molar-refractivity contribution in [3.8, 4) is 0 Å². The van der Waals surface area contributed by atoms with Gasteiger partial charge in [-0.1, -0.05) is 27.7 Å². The van der Waals surface area contributed by atoms with Gasteiger partial charge in [0, 0.05) is 18.8 Å². The minimum atomic E-state index is 0.315. The Kier molecular flexibility index (Phi) is 3.62. The van der Waals surface area contributed by atoms with Crippen LogP contribution in [0.2, 0.25) is 0 Å². The molecule has 0 fully saturated rings. The standard InChI is InChI=1S/C12H20N2/c1-5-6-11-13-8-10(9-14-11)7-12(2,3)4/h8-9H,5-7H2,1-4H3. The molecular formula is C12H20N2. The Morgan fingerprint density at radius 3 is 2.14 bits per heavy atom. The first-order valence-electron chi connectivity index (χ1n) is 5.31. The van der Waals surface area contributed by atoms with E-state index in [1.54, 1.807) is 0 Å². The number of aromatic nitrogens is 2. The van der Waals surface area contributed by atoms with Gasteiger partial charge >= 0.3 is 0 Å². The van der Waals surface area contributed by atoms with Gasteiger partial charge in [-0.25, -0.2) is 9.97 Å². The van der Waals surface area contributed by atoms with Crippen LogP contribution in [0.4, 0.5) is 0 Å². The number of hydrogen-bond acceptors (Lipinski definition) is 2. The zero-order valence-corrected chi connectivity index (χ0v) is 9.67. The molecule has 0 aliphatic heterocycles. The summed E-state index contributed by atoms with van der Waals surface area (Å²) in [5, 5.41) is 0. The summed E-state index contributed by atoms with van der Waals surface area (Å²) in [4.78, 5) is 8.68. The Labute approximate surface area is 86.8 Å². The lowest BCUT2D eigenvalue weighted by Crippen LogP contribution is -2.10. The van der Waals surface area contributed by atoms with E-state index in [0.29, 0.717) is 5.41 Å². The second kappa shape index (κ2) is 4.54. The first kappa shape index (κ1) is 11.2. The van der Waals surface area contributed by atoms with Crippen LogP contribution in [-0.2, 0) is 12.8 Å². The highest BCUT2D eigenvalue weighted by molar-refractivity contribution is 5.07. The first-order valence-corrected chi connectivity index (χ1v) is 5.31. The second-order valence-electron chi connectivity index (χ2n) is 4.99. The smallest absolute Gasteiger partial charge is 0.128 e. The van der Waals surface area contributed by atoms with Crippen molar-refractivity contribution in [2.45, 2.75) is 47.0 Å². The van der Waals surface area contributed by atoms with Crippen LogP contribution in [0.15, 0.2) is 12.4 Å². The highest BCUT2D eigenvalue weighted by atomic mass is 14.9. The lowest BCUT2D eigenvalue weighted by Gasteiger charge is -2.17. The molecule has 0 aliphatic rings. The average molecular weight is 192 g/mol. The molecule has 2 nitrogen and oxygen atoms in total. The van der Waals surface area contributed by atoms with E-state index >= 15 is 0 Å². The molecule has 0 radical (unpaired) electrons. The van der Waals surface area contributed by atoms with E-state index in [9.17, 15) is 0 Å². The number of rotatable bonds is 3. The third kappa shape index (κ3) is 3.86. The predicted octanol–water partition coefficient (Wildman–Crippen LogP) is 3.02. The molecule has 0 aromatic carbocycles. The number of nitrogens with zero attached hydrogens (tertiary/aromatic N) is 2. The van der Waals surface area contributed by atoms with Gasteiger partial charge in [0.1, 0.15) is 5.82 Å². The first-order chi connectivity index (χ1) is 6.51. The minimum absolute atomic E-state index is 0.315. The Morgan fingerprint density at radius 1 is 1.14 bits per heavy atom. The largest absolute Gasteiger partial charge is 0.241 e. The van der Waals surface area contributed by atoms with Gasteiger partial charge in [0.2, 0.25) is 0 Å². The van der Waals surface area contributed by atoms with E-state index < -0.39 is 0 Å². The average Bonchev–Trinajstić information content (AvgIpc) is 2.06. The normalized spacial score (nSPS) is 11.7. The summed E-state index contributed by atoms with van der Waals surface area (Å²) in [6.45, 7) is 8.83. The summed E-state index contributed by atoms with van der Waals surface area (Å²) in [5.74, 6) is 0.963. The molecule has 0 N–H and O–H groups in total. The van der Waals surface area contributed by atoms with E-state index in [1.807, 2.05) is 12.4 Å². The van der Waals surface area contributed by atoms with Crippen molar-refractivity contribution in [1.82, 2.24) is 9.97 Å². The van der Waals surface area contributed by atoms with Crippen molar-refractivity contribution in [3.63, 3.8) is 0 Å². The van der Waals surface area contributed by atoms with E-state index in [4.69, 9.17) is 0 Å². The number of aryl methyl sites for hydroxylation is 1. The Hall–Kier alpha value is -0.920. The maximum absolute atomic E-state index is 4.34. The molecule has 78 valence electrons. The summed E-state index contributed by atoms with van der Waals surface area (Å²) in [6.07, 6.45) is 7.06. The van der Waals surface area contributed by atoms with Crippen molar-refractivity contribution in [2.75, 3.05) is 0 Å². The van der Waals surface area contributed by atoms with Crippen molar-refractivity contribution < 1.29 is 0 Å².